The van der Waals surface area contributed by atoms with Crippen LogP contribution in [0.4, 0.5) is 10.5 Å². The number of hydrogen-bond acceptors (Lipinski definition) is 4. The van der Waals surface area contributed by atoms with E-state index < -0.39 is 0 Å². The molecule has 1 atom stereocenters. The molecule has 10 heteroatoms. The number of carbonyl (C=O) groups excluding carboxylic acids is 1. The molecule has 0 unspecified atom stereocenters. The van der Waals surface area contributed by atoms with Crippen LogP contribution in [0.5, 0.6) is 17.2 Å². The molecule has 0 bridgehead atoms. The van der Waals surface area contributed by atoms with Crippen molar-refractivity contribution >= 4 is 34.9 Å². The van der Waals surface area contributed by atoms with Crippen molar-refractivity contribution in [1.29, 1.82) is 0 Å². The van der Waals surface area contributed by atoms with Crippen molar-refractivity contribution in [3.63, 3.8) is 0 Å². The van der Waals surface area contributed by atoms with E-state index in [-0.39, 0.29) is 42.0 Å². The number of carbonyl (C=O) groups is 1. The van der Waals surface area contributed by atoms with Gasteiger partial charge in [0.05, 0.1) is 62.7 Å². The number of urea groups is 1. The highest BCUT2D eigenvalue weighted by atomic mass is 127. The van der Waals surface area contributed by atoms with Gasteiger partial charge in [0, 0.05) is 17.7 Å². The Morgan fingerprint density at radius 3 is 2.07 bits per heavy atom. The number of quaternary nitrogens is 1. The first kappa shape index (κ1) is 36.1. The number of methoxy groups -OCH3 is 3. The number of hydrogen-bond donors (Lipinski definition) is 2. The number of piperidine rings is 1. The van der Waals surface area contributed by atoms with Crippen LogP contribution < -0.4 is 48.8 Å². The van der Waals surface area contributed by atoms with Gasteiger partial charge in [0.1, 0.15) is 6.54 Å². The Kier molecular flexibility index (Phi) is 13.8. The predicted octanol–water partition coefficient (Wildman–Crippen LogP) is 4.84. The molecular formula is C34H44Cl2IN3O4. The molecule has 44 heavy (non-hydrogen) atoms. The van der Waals surface area contributed by atoms with Gasteiger partial charge in [-0.1, -0.05) is 73.4 Å². The van der Waals surface area contributed by atoms with Gasteiger partial charge >= 0.3 is 6.03 Å². The summed E-state index contributed by atoms with van der Waals surface area (Å²) in [6.07, 6.45) is 3.20. The summed E-state index contributed by atoms with van der Waals surface area (Å²) in [6.45, 7) is 8.19. The summed E-state index contributed by atoms with van der Waals surface area (Å²) in [4.78, 5) is 13.3. The van der Waals surface area contributed by atoms with E-state index in [0.717, 1.165) is 49.9 Å². The highest BCUT2D eigenvalue weighted by molar-refractivity contribution is 6.42. The monoisotopic (exact) mass is 755 g/mol. The summed E-state index contributed by atoms with van der Waals surface area (Å²) in [6, 6.07) is 19.8. The molecule has 1 saturated heterocycles. The third-order valence-electron chi connectivity index (χ3n) is 8.52. The largest absolute Gasteiger partial charge is 1.00 e. The molecule has 0 radical (unpaired) electrons. The van der Waals surface area contributed by atoms with Crippen molar-refractivity contribution in [3.8, 4) is 17.2 Å². The molecule has 0 spiro atoms. The van der Waals surface area contributed by atoms with Crippen molar-refractivity contribution in [2.45, 2.75) is 45.7 Å². The van der Waals surface area contributed by atoms with Crippen LogP contribution in [0.15, 0.2) is 60.7 Å². The molecular weight excluding hydrogens is 712 g/mol. The predicted molar refractivity (Wildman–Crippen MR) is 175 cm³/mol. The Morgan fingerprint density at radius 1 is 0.886 bits per heavy atom. The molecule has 4 rings (SSSR count). The zero-order chi connectivity index (χ0) is 31.0. The smallest absolute Gasteiger partial charge is 0.319 e. The highest BCUT2D eigenvalue weighted by Crippen LogP contribution is 2.40. The van der Waals surface area contributed by atoms with Gasteiger partial charge in [-0.3, -0.25) is 0 Å². The first-order chi connectivity index (χ1) is 20.6. The fraction of sp³-hybridized carbons (Fsp3) is 0.441. The third kappa shape index (κ3) is 9.55. The van der Waals surface area contributed by atoms with E-state index in [0.29, 0.717) is 38.9 Å². The topological polar surface area (TPSA) is 68.8 Å². The average molecular weight is 757 g/mol. The zero-order valence-electron chi connectivity index (χ0n) is 26.2. The Labute approximate surface area is 289 Å². The second kappa shape index (κ2) is 16.8. The lowest BCUT2D eigenvalue weighted by atomic mass is 9.87. The van der Waals surface area contributed by atoms with Gasteiger partial charge in [0.25, 0.3) is 0 Å². The maximum Gasteiger partial charge on any atom is 0.319 e. The SMILES string of the molecule is COc1cc(NC(=O)N[C@@H](C[N+]2(Cc3ccccc3)CCC(Cc3ccc(Cl)c(Cl)c3)CC2)C(C)C)cc(OC)c1OC.[I-]. The number of halogens is 3. The maximum absolute atomic E-state index is 13.3. The number of anilines is 1. The van der Waals surface area contributed by atoms with E-state index in [1.165, 1.54) is 11.1 Å². The van der Waals surface area contributed by atoms with E-state index in [1.807, 2.05) is 12.1 Å². The second-order valence-corrected chi connectivity index (χ2v) is 12.7. The van der Waals surface area contributed by atoms with Crippen molar-refractivity contribution in [1.82, 2.24) is 5.32 Å². The van der Waals surface area contributed by atoms with Gasteiger partial charge in [-0.05, 0) is 48.8 Å². The summed E-state index contributed by atoms with van der Waals surface area (Å²) in [5.74, 6) is 2.26. The number of rotatable bonds is 12. The lowest BCUT2D eigenvalue weighted by Crippen LogP contribution is -3.00. The van der Waals surface area contributed by atoms with Gasteiger partial charge < -0.3 is 53.3 Å². The fourth-order valence-electron chi connectivity index (χ4n) is 6.08. The number of ether oxygens (including phenoxy) is 3. The molecule has 0 aromatic heterocycles. The number of nitrogens with zero attached hydrogens (tertiary/aromatic N) is 1. The molecule has 1 fully saturated rings. The molecule has 240 valence electrons. The van der Waals surface area contributed by atoms with Crippen molar-refractivity contribution in [2.75, 3.05) is 46.3 Å². The Bertz CT molecular complexity index is 1340. The van der Waals surface area contributed by atoms with E-state index in [9.17, 15) is 4.79 Å². The fourth-order valence-corrected chi connectivity index (χ4v) is 6.40. The van der Waals surface area contributed by atoms with Crippen molar-refractivity contribution < 1.29 is 47.5 Å². The first-order valence-electron chi connectivity index (χ1n) is 14.9. The van der Waals surface area contributed by atoms with Gasteiger partial charge in [-0.15, -0.1) is 0 Å². The number of amides is 2. The quantitative estimate of drug-likeness (QED) is 0.205. The van der Waals surface area contributed by atoms with Crippen LogP contribution >= 0.6 is 23.2 Å². The van der Waals surface area contributed by atoms with Crippen LogP contribution in [0.2, 0.25) is 10.0 Å². The van der Waals surface area contributed by atoms with Crippen LogP contribution in [0.25, 0.3) is 0 Å². The third-order valence-corrected chi connectivity index (χ3v) is 9.26. The molecule has 7 nitrogen and oxygen atoms in total. The minimum Gasteiger partial charge on any atom is -1.00 e. The standard InChI is InChI=1S/C34H43Cl2N3O4.HI/c1-23(2)30(38-34(40)37-27-19-31(41-3)33(43-5)32(20-27)42-4)22-39(21-25-9-7-6-8-10-25)15-13-24(14-16-39)17-26-11-12-28(35)29(36)18-26;/h6-12,18-20,23-24,30H,13-17,21-22H2,1-5H3,(H-,37,38,40);1H/t24?,30-,39?;/m0./s1. The zero-order valence-corrected chi connectivity index (χ0v) is 29.8. The number of likely N-dealkylation sites (tertiary alicyclic amines) is 1. The molecule has 2 amide bonds. The molecule has 1 aliphatic rings. The normalized spacial score (nSPS) is 18.6. The molecule has 0 saturated carbocycles. The van der Waals surface area contributed by atoms with Gasteiger partial charge in [-0.2, -0.15) is 0 Å². The average Bonchev–Trinajstić information content (AvgIpc) is 2.99. The highest BCUT2D eigenvalue weighted by Gasteiger charge is 2.37. The van der Waals surface area contributed by atoms with Crippen LogP contribution in [0, 0.1) is 11.8 Å². The maximum atomic E-state index is 13.3. The summed E-state index contributed by atoms with van der Waals surface area (Å²) >= 11 is 12.4. The van der Waals surface area contributed by atoms with Gasteiger partial charge in [-0.25, -0.2) is 4.79 Å². The lowest BCUT2D eigenvalue weighted by molar-refractivity contribution is -0.947. The van der Waals surface area contributed by atoms with Gasteiger partial charge in [0.15, 0.2) is 11.5 Å². The molecule has 1 aliphatic heterocycles. The molecule has 1 heterocycles. The molecule has 3 aromatic carbocycles. The Hall–Kier alpha value is -2.40. The Morgan fingerprint density at radius 2 is 1.52 bits per heavy atom. The summed E-state index contributed by atoms with van der Waals surface area (Å²) in [7, 11) is 4.66. The summed E-state index contributed by atoms with van der Waals surface area (Å²) in [5, 5.41) is 7.46. The minimum atomic E-state index is -0.264. The van der Waals surface area contributed by atoms with Crippen LogP contribution in [-0.2, 0) is 13.0 Å². The minimum absolute atomic E-state index is 0. The van der Waals surface area contributed by atoms with Crippen molar-refractivity contribution in [2.24, 2.45) is 11.8 Å². The molecule has 3 aromatic rings. The lowest BCUT2D eigenvalue weighted by Gasteiger charge is -2.46. The van der Waals surface area contributed by atoms with Crippen LogP contribution in [0.3, 0.4) is 0 Å². The van der Waals surface area contributed by atoms with Crippen LogP contribution in [0.1, 0.15) is 37.8 Å². The number of nitrogens with one attached hydrogen (secondary N) is 2. The summed E-state index contributed by atoms with van der Waals surface area (Å²) < 4.78 is 17.3. The molecule has 0 aliphatic carbocycles. The van der Waals surface area contributed by atoms with E-state index in [1.54, 1.807) is 33.5 Å². The number of benzene rings is 3. The Balaban J connectivity index is 0.00000529. The van der Waals surface area contributed by atoms with E-state index in [4.69, 9.17) is 37.4 Å². The van der Waals surface area contributed by atoms with Crippen molar-refractivity contribution in [3.05, 3.63) is 81.8 Å². The summed E-state index contributed by atoms with van der Waals surface area (Å²) in [5.41, 5.74) is 3.10. The van der Waals surface area contributed by atoms with E-state index >= 15 is 0 Å². The van der Waals surface area contributed by atoms with Gasteiger partial charge in [0.2, 0.25) is 5.75 Å². The first-order valence-corrected chi connectivity index (χ1v) is 15.6. The van der Waals surface area contributed by atoms with Crippen LogP contribution in [-0.4, -0.2) is 57.5 Å². The second-order valence-electron chi connectivity index (χ2n) is 11.9. The molecule has 2 N–H and O–H groups in total. The van der Waals surface area contributed by atoms with E-state index in [2.05, 4.69) is 60.9 Å².